The minimum Gasteiger partial charge on any atom is -0.385 e. The molecule has 2 rings (SSSR count). The predicted molar refractivity (Wildman–Crippen MR) is 65.6 cm³/mol. The van der Waals surface area contributed by atoms with Crippen molar-refractivity contribution in [3.63, 3.8) is 0 Å². The molecule has 0 bridgehead atoms. The number of methoxy groups -OCH3 is 1. The van der Waals surface area contributed by atoms with Crippen molar-refractivity contribution in [2.75, 3.05) is 13.7 Å². The van der Waals surface area contributed by atoms with Gasteiger partial charge in [0.1, 0.15) is 5.82 Å². The van der Waals surface area contributed by atoms with Crippen LogP contribution in [0.4, 0.5) is 4.39 Å². The SMILES string of the molecule is CCc1nn(CCCOC)c2ccc(F)cc12. The average Bonchev–Trinajstić information content (AvgIpc) is 2.67. The molecule has 0 radical (unpaired) electrons. The van der Waals surface area contributed by atoms with Gasteiger partial charge in [-0.1, -0.05) is 6.92 Å². The van der Waals surface area contributed by atoms with E-state index in [4.69, 9.17) is 4.74 Å². The zero-order valence-corrected chi connectivity index (χ0v) is 10.2. The quantitative estimate of drug-likeness (QED) is 0.746. The number of hydrogen-bond donors (Lipinski definition) is 0. The van der Waals surface area contributed by atoms with Crippen LogP contribution in [0.3, 0.4) is 0 Å². The molecule has 0 aliphatic rings. The summed E-state index contributed by atoms with van der Waals surface area (Å²) in [4.78, 5) is 0. The molecule has 4 heteroatoms. The molecule has 2 aromatic rings. The van der Waals surface area contributed by atoms with Crippen molar-refractivity contribution in [2.24, 2.45) is 0 Å². The van der Waals surface area contributed by atoms with E-state index in [9.17, 15) is 4.39 Å². The van der Waals surface area contributed by atoms with Gasteiger partial charge < -0.3 is 4.74 Å². The Labute approximate surface area is 100 Å². The fourth-order valence-electron chi connectivity index (χ4n) is 2.01. The van der Waals surface area contributed by atoms with E-state index in [2.05, 4.69) is 5.10 Å². The minimum atomic E-state index is -0.205. The van der Waals surface area contributed by atoms with E-state index >= 15 is 0 Å². The van der Waals surface area contributed by atoms with Crippen molar-refractivity contribution < 1.29 is 9.13 Å². The largest absolute Gasteiger partial charge is 0.385 e. The highest BCUT2D eigenvalue weighted by atomic mass is 19.1. The van der Waals surface area contributed by atoms with Crippen molar-refractivity contribution in [3.05, 3.63) is 29.7 Å². The van der Waals surface area contributed by atoms with E-state index in [1.54, 1.807) is 19.2 Å². The Bertz CT molecular complexity index is 507. The Balaban J connectivity index is 2.35. The van der Waals surface area contributed by atoms with Gasteiger partial charge in [0.25, 0.3) is 0 Å². The Kier molecular flexibility index (Phi) is 3.74. The van der Waals surface area contributed by atoms with Gasteiger partial charge in [0.2, 0.25) is 0 Å². The van der Waals surface area contributed by atoms with Crippen molar-refractivity contribution in [3.8, 4) is 0 Å². The van der Waals surface area contributed by atoms with Crippen LogP contribution in [-0.4, -0.2) is 23.5 Å². The number of fused-ring (bicyclic) bond motifs is 1. The molecule has 0 amide bonds. The van der Waals surface area contributed by atoms with E-state index < -0.39 is 0 Å². The van der Waals surface area contributed by atoms with Crippen LogP contribution in [-0.2, 0) is 17.7 Å². The van der Waals surface area contributed by atoms with Gasteiger partial charge >= 0.3 is 0 Å². The molecule has 1 heterocycles. The number of ether oxygens (including phenoxy) is 1. The first-order valence-electron chi connectivity index (χ1n) is 5.90. The van der Waals surface area contributed by atoms with E-state index in [-0.39, 0.29) is 5.82 Å². The van der Waals surface area contributed by atoms with Gasteiger partial charge in [0.05, 0.1) is 11.2 Å². The molecule has 0 spiro atoms. The van der Waals surface area contributed by atoms with Crippen LogP contribution < -0.4 is 0 Å². The summed E-state index contributed by atoms with van der Waals surface area (Å²) in [6, 6.07) is 4.84. The van der Waals surface area contributed by atoms with Gasteiger partial charge in [0.15, 0.2) is 0 Å². The molecular formula is C13H17FN2O. The maximum Gasteiger partial charge on any atom is 0.124 e. The molecular weight excluding hydrogens is 219 g/mol. The maximum atomic E-state index is 13.2. The van der Waals surface area contributed by atoms with Crippen LogP contribution in [0, 0.1) is 5.82 Å². The summed E-state index contributed by atoms with van der Waals surface area (Å²) in [6.45, 7) is 3.55. The Morgan fingerprint density at radius 3 is 2.94 bits per heavy atom. The van der Waals surface area contributed by atoms with Gasteiger partial charge in [-0.25, -0.2) is 4.39 Å². The summed E-state index contributed by atoms with van der Waals surface area (Å²) >= 11 is 0. The van der Waals surface area contributed by atoms with Gasteiger partial charge in [-0.05, 0) is 31.0 Å². The third-order valence-electron chi connectivity index (χ3n) is 2.84. The minimum absolute atomic E-state index is 0.205. The first kappa shape index (κ1) is 12.0. The van der Waals surface area contributed by atoms with Crippen LogP contribution in [0.1, 0.15) is 19.0 Å². The molecule has 92 valence electrons. The smallest absolute Gasteiger partial charge is 0.124 e. The zero-order chi connectivity index (χ0) is 12.3. The van der Waals surface area contributed by atoms with E-state index in [0.29, 0.717) is 6.61 Å². The lowest BCUT2D eigenvalue weighted by atomic mass is 10.2. The Morgan fingerprint density at radius 1 is 1.41 bits per heavy atom. The third kappa shape index (κ3) is 2.47. The number of aryl methyl sites for hydroxylation is 2. The Morgan fingerprint density at radius 2 is 2.24 bits per heavy atom. The van der Waals surface area contributed by atoms with E-state index in [0.717, 1.165) is 36.0 Å². The van der Waals surface area contributed by atoms with Crippen LogP contribution in [0.15, 0.2) is 18.2 Å². The van der Waals surface area contributed by atoms with Crippen molar-refractivity contribution >= 4 is 10.9 Å². The third-order valence-corrected chi connectivity index (χ3v) is 2.84. The summed E-state index contributed by atoms with van der Waals surface area (Å²) in [5.74, 6) is -0.205. The maximum absolute atomic E-state index is 13.2. The number of halogens is 1. The van der Waals surface area contributed by atoms with Crippen molar-refractivity contribution in [2.45, 2.75) is 26.3 Å². The van der Waals surface area contributed by atoms with E-state index in [1.165, 1.54) is 6.07 Å². The second-order valence-electron chi connectivity index (χ2n) is 4.03. The van der Waals surface area contributed by atoms with Crippen molar-refractivity contribution in [1.82, 2.24) is 9.78 Å². The summed E-state index contributed by atoms with van der Waals surface area (Å²) in [5.41, 5.74) is 1.95. The number of nitrogens with zero attached hydrogens (tertiary/aromatic N) is 2. The summed E-state index contributed by atoms with van der Waals surface area (Å²) in [7, 11) is 1.69. The lowest BCUT2D eigenvalue weighted by Gasteiger charge is -2.02. The number of benzene rings is 1. The topological polar surface area (TPSA) is 27.1 Å². The highest BCUT2D eigenvalue weighted by Crippen LogP contribution is 2.20. The fourth-order valence-corrected chi connectivity index (χ4v) is 2.01. The molecule has 0 N–H and O–H groups in total. The van der Waals surface area contributed by atoms with Crippen LogP contribution in [0.25, 0.3) is 10.9 Å². The number of aromatic nitrogens is 2. The summed E-state index contributed by atoms with van der Waals surface area (Å²) in [6.07, 6.45) is 1.73. The molecule has 0 unspecified atom stereocenters. The molecule has 0 saturated carbocycles. The molecule has 1 aromatic heterocycles. The van der Waals surface area contributed by atoms with Gasteiger partial charge in [-0.15, -0.1) is 0 Å². The predicted octanol–water partition coefficient (Wildman–Crippen LogP) is 2.77. The van der Waals surface area contributed by atoms with Gasteiger partial charge in [0, 0.05) is 25.6 Å². The first-order valence-corrected chi connectivity index (χ1v) is 5.90. The molecule has 1 aromatic carbocycles. The fraction of sp³-hybridized carbons (Fsp3) is 0.462. The molecule has 17 heavy (non-hydrogen) atoms. The molecule has 0 atom stereocenters. The van der Waals surface area contributed by atoms with Crippen LogP contribution in [0.5, 0.6) is 0 Å². The highest BCUT2D eigenvalue weighted by Gasteiger charge is 2.09. The van der Waals surface area contributed by atoms with Crippen LogP contribution >= 0.6 is 0 Å². The van der Waals surface area contributed by atoms with Crippen LogP contribution in [0.2, 0.25) is 0 Å². The molecule has 0 fully saturated rings. The van der Waals surface area contributed by atoms with Crippen molar-refractivity contribution in [1.29, 1.82) is 0 Å². The van der Waals surface area contributed by atoms with E-state index in [1.807, 2.05) is 11.6 Å². The summed E-state index contributed by atoms with van der Waals surface area (Å²) in [5, 5.41) is 5.44. The second-order valence-corrected chi connectivity index (χ2v) is 4.03. The second kappa shape index (κ2) is 5.27. The molecule has 0 aliphatic carbocycles. The molecule has 0 saturated heterocycles. The first-order chi connectivity index (χ1) is 8.26. The van der Waals surface area contributed by atoms with Gasteiger partial charge in [-0.2, -0.15) is 5.10 Å². The normalized spacial score (nSPS) is 11.2. The summed E-state index contributed by atoms with van der Waals surface area (Å²) < 4.78 is 20.2. The van der Waals surface area contributed by atoms with Gasteiger partial charge in [-0.3, -0.25) is 4.68 Å². The average molecular weight is 236 g/mol. The number of rotatable bonds is 5. The molecule has 0 aliphatic heterocycles. The lowest BCUT2D eigenvalue weighted by molar-refractivity contribution is 0.189. The Hall–Kier alpha value is -1.42. The standard InChI is InChI=1S/C13H17FN2O/c1-3-12-11-9-10(14)5-6-13(11)16(15-12)7-4-8-17-2/h5-6,9H,3-4,7-8H2,1-2H3. The highest BCUT2D eigenvalue weighted by molar-refractivity contribution is 5.82. The molecule has 3 nitrogen and oxygen atoms in total. The lowest BCUT2D eigenvalue weighted by Crippen LogP contribution is -2.03. The zero-order valence-electron chi connectivity index (χ0n) is 10.2. The monoisotopic (exact) mass is 236 g/mol. The number of hydrogen-bond acceptors (Lipinski definition) is 2.